The molecule has 0 radical (unpaired) electrons. The van der Waals surface area contributed by atoms with Crippen LogP contribution < -0.4 is 0 Å². The molecule has 0 saturated carbocycles. The number of esters is 1. The Morgan fingerprint density at radius 3 is 2.44 bits per heavy atom. The van der Waals surface area contributed by atoms with Crippen LogP contribution in [0, 0.1) is 11.6 Å². The lowest BCUT2D eigenvalue weighted by atomic mass is 10.1. The molecule has 0 bridgehead atoms. The van der Waals surface area contributed by atoms with Crippen molar-refractivity contribution in [1.29, 1.82) is 0 Å². The Morgan fingerprint density at radius 1 is 1.03 bits per heavy atom. The number of aromatic nitrogens is 1. The van der Waals surface area contributed by atoms with Gasteiger partial charge in [0.15, 0.2) is 5.76 Å². The van der Waals surface area contributed by atoms with E-state index in [-0.39, 0.29) is 34.1 Å². The van der Waals surface area contributed by atoms with E-state index in [4.69, 9.17) is 9.26 Å². The van der Waals surface area contributed by atoms with E-state index in [1.54, 1.807) is 0 Å². The second-order valence-electron chi connectivity index (χ2n) is 7.37. The molecule has 7 nitrogen and oxygen atoms in total. The summed E-state index contributed by atoms with van der Waals surface area (Å²) in [5.74, 6) is -2.12. The molecule has 2 heterocycles. The molecule has 0 N–H and O–H groups in total. The van der Waals surface area contributed by atoms with E-state index >= 15 is 0 Å². The van der Waals surface area contributed by atoms with Crippen LogP contribution in [-0.2, 0) is 21.4 Å². The first-order chi connectivity index (χ1) is 15.3. The maximum Gasteiger partial charge on any atom is 0.338 e. The molecule has 1 aromatic heterocycles. The van der Waals surface area contributed by atoms with Crippen molar-refractivity contribution in [3.05, 3.63) is 71.4 Å². The van der Waals surface area contributed by atoms with E-state index in [1.807, 2.05) is 0 Å². The van der Waals surface area contributed by atoms with E-state index < -0.39 is 27.6 Å². The molecule has 1 aliphatic heterocycles. The van der Waals surface area contributed by atoms with Crippen molar-refractivity contribution >= 4 is 16.0 Å². The molecule has 0 spiro atoms. The highest BCUT2D eigenvalue weighted by Crippen LogP contribution is 2.25. The molecule has 0 aliphatic carbocycles. The van der Waals surface area contributed by atoms with Crippen LogP contribution in [0.4, 0.5) is 8.78 Å². The lowest BCUT2D eigenvalue weighted by Crippen LogP contribution is -2.35. The molecule has 0 atom stereocenters. The standard InChI is InChI=1S/C22H20F2N2O5S/c23-16-6-9-19(20(24)12-16)21-13-17(25-31-21)14-30-22(27)15-4-7-18(8-5-15)32(28,29)26-10-2-1-3-11-26/h4-9,12-13H,1-3,10-11,14H2. The van der Waals surface area contributed by atoms with E-state index in [2.05, 4.69) is 5.16 Å². The third kappa shape index (κ3) is 4.71. The second kappa shape index (κ2) is 9.17. The molecule has 1 aliphatic rings. The first-order valence-corrected chi connectivity index (χ1v) is 11.5. The molecule has 1 fully saturated rings. The number of hydrogen-bond acceptors (Lipinski definition) is 6. The van der Waals surface area contributed by atoms with Crippen molar-refractivity contribution in [1.82, 2.24) is 9.46 Å². The minimum absolute atomic E-state index is 0.0296. The Bertz CT molecular complexity index is 1220. The number of carbonyl (C=O) groups is 1. The summed E-state index contributed by atoms with van der Waals surface area (Å²) >= 11 is 0. The highest BCUT2D eigenvalue weighted by atomic mass is 32.2. The normalized spacial score (nSPS) is 14.9. The maximum atomic E-state index is 13.9. The van der Waals surface area contributed by atoms with E-state index in [1.165, 1.54) is 40.7 Å². The number of rotatable bonds is 6. The summed E-state index contributed by atoms with van der Waals surface area (Å²) in [6, 6.07) is 9.97. The van der Waals surface area contributed by atoms with Crippen molar-refractivity contribution in [3.63, 3.8) is 0 Å². The highest BCUT2D eigenvalue weighted by molar-refractivity contribution is 7.89. The number of carbonyl (C=O) groups excluding carboxylic acids is 1. The summed E-state index contributed by atoms with van der Waals surface area (Å²) in [6.07, 6.45) is 2.69. The van der Waals surface area contributed by atoms with Gasteiger partial charge in [-0.05, 0) is 49.2 Å². The number of benzene rings is 2. The third-order valence-corrected chi connectivity index (χ3v) is 7.06. The predicted molar refractivity (Wildman–Crippen MR) is 110 cm³/mol. The molecular formula is C22H20F2N2O5S. The topological polar surface area (TPSA) is 89.7 Å². The molecule has 3 aromatic rings. The van der Waals surface area contributed by atoms with Gasteiger partial charge < -0.3 is 9.26 Å². The molecular weight excluding hydrogens is 442 g/mol. The number of hydrogen-bond donors (Lipinski definition) is 0. The number of sulfonamides is 1. The Labute approximate surface area is 183 Å². The second-order valence-corrected chi connectivity index (χ2v) is 9.31. The zero-order valence-corrected chi connectivity index (χ0v) is 17.8. The Hall–Kier alpha value is -3.11. The van der Waals surface area contributed by atoms with Crippen LogP contribution in [0.2, 0.25) is 0 Å². The SMILES string of the molecule is O=C(OCc1cc(-c2ccc(F)cc2F)on1)c1ccc(S(=O)(=O)N2CCCCC2)cc1. The van der Waals surface area contributed by atoms with Gasteiger partial charge in [0.25, 0.3) is 0 Å². The van der Waals surface area contributed by atoms with Crippen LogP contribution in [0.5, 0.6) is 0 Å². The average Bonchev–Trinajstić information content (AvgIpc) is 3.27. The average molecular weight is 462 g/mol. The summed E-state index contributed by atoms with van der Waals surface area (Å²) in [4.78, 5) is 12.4. The van der Waals surface area contributed by atoms with Gasteiger partial charge in [-0.25, -0.2) is 22.0 Å². The molecule has 0 amide bonds. The summed E-state index contributed by atoms with van der Waals surface area (Å²) in [5, 5.41) is 3.72. The fourth-order valence-electron chi connectivity index (χ4n) is 3.44. The van der Waals surface area contributed by atoms with Gasteiger partial charge in [0.2, 0.25) is 10.0 Å². The first kappa shape index (κ1) is 22.1. The molecule has 1 saturated heterocycles. The zero-order valence-electron chi connectivity index (χ0n) is 17.0. The van der Waals surface area contributed by atoms with Gasteiger partial charge in [0.05, 0.1) is 16.0 Å². The highest BCUT2D eigenvalue weighted by Gasteiger charge is 2.26. The zero-order chi connectivity index (χ0) is 22.7. The van der Waals surface area contributed by atoms with Gasteiger partial charge in [-0.1, -0.05) is 11.6 Å². The van der Waals surface area contributed by atoms with Crippen molar-refractivity contribution in [3.8, 4) is 11.3 Å². The lowest BCUT2D eigenvalue weighted by Gasteiger charge is -2.25. The molecule has 32 heavy (non-hydrogen) atoms. The number of piperidine rings is 1. The van der Waals surface area contributed by atoms with Gasteiger partial charge in [0.1, 0.15) is 23.9 Å². The Morgan fingerprint density at radius 2 is 1.75 bits per heavy atom. The van der Waals surface area contributed by atoms with Crippen LogP contribution >= 0.6 is 0 Å². The van der Waals surface area contributed by atoms with Crippen LogP contribution in [0.25, 0.3) is 11.3 Å². The molecule has 2 aromatic carbocycles. The molecule has 10 heteroatoms. The van der Waals surface area contributed by atoms with Crippen molar-refractivity contribution < 1.29 is 31.3 Å². The van der Waals surface area contributed by atoms with Crippen LogP contribution in [0.1, 0.15) is 35.3 Å². The summed E-state index contributed by atoms with van der Waals surface area (Å²) in [5.41, 5.74) is 0.444. The van der Waals surface area contributed by atoms with Crippen molar-refractivity contribution in [2.24, 2.45) is 0 Å². The van der Waals surface area contributed by atoms with Gasteiger partial charge >= 0.3 is 5.97 Å². The van der Waals surface area contributed by atoms with Crippen molar-refractivity contribution in [2.45, 2.75) is 30.8 Å². The first-order valence-electron chi connectivity index (χ1n) is 10.0. The molecule has 4 rings (SSSR count). The number of nitrogens with zero attached hydrogens (tertiary/aromatic N) is 2. The Balaban J connectivity index is 1.39. The fraction of sp³-hybridized carbons (Fsp3) is 0.273. The third-order valence-electron chi connectivity index (χ3n) is 5.15. The van der Waals surface area contributed by atoms with Gasteiger partial charge in [-0.2, -0.15) is 4.31 Å². The number of ether oxygens (including phenoxy) is 1. The van der Waals surface area contributed by atoms with E-state index in [0.717, 1.165) is 31.4 Å². The maximum absolute atomic E-state index is 13.9. The summed E-state index contributed by atoms with van der Waals surface area (Å²) in [7, 11) is -3.58. The summed E-state index contributed by atoms with van der Waals surface area (Å²) < 4.78 is 63.9. The van der Waals surface area contributed by atoms with Gasteiger partial charge in [0, 0.05) is 25.2 Å². The quantitative estimate of drug-likeness (QED) is 0.511. The lowest BCUT2D eigenvalue weighted by molar-refractivity contribution is 0.0464. The van der Waals surface area contributed by atoms with E-state index in [0.29, 0.717) is 13.1 Å². The van der Waals surface area contributed by atoms with Crippen LogP contribution in [0.15, 0.2) is 57.9 Å². The fourth-order valence-corrected chi connectivity index (χ4v) is 4.95. The van der Waals surface area contributed by atoms with Gasteiger partial charge in [-0.15, -0.1) is 0 Å². The van der Waals surface area contributed by atoms with Gasteiger partial charge in [-0.3, -0.25) is 0 Å². The Kier molecular flexibility index (Phi) is 6.33. The monoisotopic (exact) mass is 462 g/mol. The molecule has 168 valence electrons. The van der Waals surface area contributed by atoms with E-state index in [9.17, 15) is 22.0 Å². The largest absolute Gasteiger partial charge is 0.455 e. The van der Waals surface area contributed by atoms with Crippen molar-refractivity contribution in [2.75, 3.05) is 13.1 Å². The summed E-state index contributed by atoms with van der Waals surface area (Å²) in [6.45, 7) is 0.750. The minimum atomic E-state index is -3.58. The van der Waals surface area contributed by atoms with Crippen LogP contribution in [0.3, 0.4) is 0 Å². The smallest absolute Gasteiger partial charge is 0.338 e. The number of halogens is 2. The molecule has 0 unspecified atom stereocenters. The predicted octanol–water partition coefficient (Wildman–Crippen LogP) is 4.15. The van der Waals surface area contributed by atoms with Crippen LogP contribution in [-0.4, -0.2) is 36.9 Å². The minimum Gasteiger partial charge on any atom is -0.455 e.